The zero-order chi connectivity index (χ0) is 24.8. The predicted molar refractivity (Wildman–Crippen MR) is 131 cm³/mol. The largest absolute Gasteiger partial charge is 0.472 e. The van der Waals surface area contributed by atoms with E-state index in [1.165, 1.54) is 12.8 Å². The van der Waals surface area contributed by atoms with Crippen molar-refractivity contribution >= 4 is 11.9 Å². The molecule has 0 bridgehead atoms. The van der Waals surface area contributed by atoms with Gasteiger partial charge in [0, 0.05) is 43.2 Å². The number of likely N-dealkylation sites (N-methyl/N-ethyl adjacent to an activating group) is 1. The summed E-state index contributed by atoms with van der Waals surface area (Å²) in [5.41, 5.74) is 1.02. The van der Waals surface area contributed by atoms with Gasteiger partial charge in [-0.05, 0) is 39.7 Å². The summed E-state index contributed by atoms with van der Waals surface area (Å²) in [5.74, 6) is 6.82. The summed E-state index contributed by atoms with van der Waals surface area (Å²) in [7, 11) is 1.72. The van der Waals surface area contributed by atoms with Gasteiger partial charge in [0.05, 0.1) is 19.2 Å². The molecule has 2 aliphatic rings. The number of amides is 3. The second kappa shape index (κ2) is 11.6. The first-order valence-electron chi connectivity index (χ1n) is 12.3. The minimum atomic E-state index is -0.383. The van der Waals surface area contributed by atoms with Crippen LogP contribution in [0.1, 0.15) is 69.3 Å². The Morgan fingerprint density at radius 1 is 1.35 bits per heavy atom. The molecule has 1 aliphatic carbocycles. The van der Waals surface area contributed by atoms with E-state index in [0.29, 0.717) is 30.1 Å². The van der Waals surface area contributed by atoms with Crippen LogP contribution in [-0.2, 0) is 0 Å². The Morgan fingerprint density at radius 2 is 2.06 bits per heavy atom. The molecular weight excluding hydrogens is 432 g/mol. The van der Waals surface area contributed by atoms with Gasteiger partial charge in [-0.2, -0.15) is 0 Å². The van der Waals surface area contributed by atoms with Gasteiger partial charge in [-0.15, -0.1) is 0 Å². The van der Waals surface area contributed by atoms with Crippen molar-refractivity contribution in [2.45, 2.75) is 71.6 Å². The van der Waals surface area contributed by atoms with Crippen LogP contribution in [0.25, 0.3) is 0 Å². The van der Waals surface area contributed by atoms with E-state index in [2.05, 4.69) is 22.1 Å². The number of aromatic nitrogens is 1. The Bertz CT molecular complexity index is 932. The van der Waals surface area contributed by atoms with E-state index < -0.39 is 0 Å². The fourth-order valence-electron chi connectivity index (χ4n) is 4.35. The van der Waals surface area contributed by atoms with Gasteiger partial charge in [0.15, 0.2) is 0 Å². The van der Waals surface area contributed by atoms with E-state index in [0.717, 1.165) is 12.8 Å². The second-order valence-electron chi connectivity index (χ2n) is 9.93. The van der Waals surface area contributed by atoms with E-state index in [-0.39, 0.29) is 48.5 Å². The topological polar surface area (TPSA) is 95.0 Å². The monoisotopic (exact) mass is 470 g/mol. The fraction of sp³-hybridized carbons (Fsp3) is 0.654. The van der Waals surface area contributed by atoms with Gasteiger partial charge in [0.1, 0.15) is 11.7 Å². The Labute approximate surface area is 203 Å². The number of aliphatic hydroxyl groups excluding tert-OH is 1. The molecule has 0 radical (unpaired) electrons. The van der Waals surface area contributed by atoms with Gasteiger partial charge in [0.25, 0.3) is 5.91 Å². The molecule has 3 rings (SSSR count). The highest BCUT2D eigenvalue weighted by molar-refractivity contribution is 5.97. The molecule has 8 heteroatoms. The van der Waals surface area contributed by atoms with Crippen LogP contribution in [0.2, 0.25) is 0 Å². The summed E-state index contributed by atoms with van der Waals surface area (Å²) in [6, 6.07) is 1.22. The Hall–Kier alpha value is -2.79. The standard InChI is InChI=1S/C26H38N4O4/c1-17(2)28-26(33)29(5)15-23-18(3)14-30(19(4)16-31)25(32)22-12-21(13-27-24(22)34-23)11-10-20-8-6-7-9-20/h12-13,17-20,23,31H,6-9,14-16H2,1-5H3,(H,28,33)/t18-,19+,23+/m1/s1. The minimum Gasteiger partial charge on any atom is -0.472 e. The van der Waals surface area contributed by atoms with Gasteiger partial charge in [0.2, 0.25) is 5.88 Å². The summed E-state index contributed by atoms with van der Waals surface area (Å²) >= 11 is 0. The molecule has 186 valence electrons. The predicted octanol–water partition coefficient (Wildman–Crippen LogP) is 2.89. The quantitative estimate of drug-likeness (QED) is 0.646. The van der Waals surface area contributed by atoms with Gasteiger partial charge in [-0.3, -0.25) is 4.79 Å². The van der Waals surface area contributed by atoms with Gasteiger partial charge in [-0.1, -0.05) is 31.6 Å². The molecule has 3 atom stereocenters. The number of rotatable bonds is 5. The molecule has 1 fully saturated rings. The van der Waals surface area contributed by atoms with Crippen LogP contribution in [0.4, 0.5) is 4.79 Å². The third-order valence-corrected chi connectivity index (χ3v) is 6.51. The van der Waals surface area contributed by atoms with Crippen molar-refractivity contribution in [3.05, 3.63) is 23.4 Å². The number of nitrogens with one attached hydrogen (secondary N) is 1. The number of hydrogen-bond donors (Lipinski definition) is 2. The molecule has 0 saturated heterocycles. The van der Waals surface area contributed by atoms with Gasteiger partial charge in [-0.25, -0.2) is 9.78 Å². The molecule has 1 aromatic heterocycles. The number of ether oxygens (including phenoxy) is 1. The molecule has 34 heavy (non-hydrogen) atoms. The minimum absolute atomic E-state index is 0.0234. The highest BCUT2D eigenvalue weighted by Crippen LogP contribution is 2.28. The lowest BCUT2D eigenvalue weighted by molar-refractivity contribution is 0.0351. The molecule has 2 heterocycles. The first kappa shape index (κ1) is 25.8. The number of hydrogen-bond acceptors (Lipinski definition) is 5. The van der Waals surface area contributed by atoms with E-state index in [9.17, 15) is 14.7 Å². The zero-order valence-electron chi connectivity index (χ0n) is 21.0. The summed E-state index contributed by atoms with van der Waals surface area (Å²) in [5, 5.41) is 12.7. The first-order valence-corrected chi connectivity index (χ1v) is 12.3. The van der Waals surface area contributed by atoms with Crippen LogP contribution in [0.5, 0.6) is 5.88 Å². The maximum atomic E-state index is 13.5. The van der Waals surface area contributed by atoms with Crippen molar-refractivity contribution in [2.24, 2.45) is 11.8 Å². The lowest BCUT2D eigenvalue weighted by atomic mass is 10.00. The van der Waals surface area contributed by atoms with Crippen molar-refractivity contribution in [2.75, 3.05) is 26.7 Å². The summed E-state index contributed by atoms with van der Waals surface area (Å²) in [4.78, 5) is 33.7. The average molecular weight is 471 g/mol. The zero-order valence-corrected chi connectivity index (χ0v) is 21.0. The third-order valence-electron chi connectivity index (χ3n) is 6.51. The highest BCUT2D eigenvalue weighted by atomic mass is 16.5. The normalized spacial score (nSPS) is 21.6. The summed E-state index contributed by atoms with van der Waals surface area (Å²) in [6.45, 7) is 8.20. The molecule has 3 amide bonds. The molecule has 0 aromatic carbocycles. The molecular formula is C26H38N4O4. The lowest BCUT2D eigenvalue weighted by Gasteiger charge is -2.37. The van der Waals surface area contributed by atoms with Gasteiger partial charge >= 0.3 is 6.03 Å². The SMILES string of the molecule is CC(C)NC(=O)N(C)C[C@@H]1Oc2ncc(C#CC3CCCC3)cc2C(=O)N([C@@H](C)CO)C[C@H]1C. The van der Waals surface area contributed by atoms with E-state index in [1.54, 1.807) is 29.1 Å². The van der Waals surface area contributed by atoms with Crippen LogP contribution < -0.4 is 10.1 Å². The number of carbonyl (C=O) groups is 2. The number of fused-ring (bicyclic) bond motifs is 1. The van der Waals surface area contributed by atoms with Crippen molar-refractivity contribution in [1.29, 1.82) is 0 Å². The Kier molecular flexibility index (Phi) is 8.78. The van der Waals surface area contributed by atoms with Crippen LogP contribution in [0, 0.1) is 23.7 Å². The highest BCUT2D eigenvalue weighted by Gasteiger charge is 2.34. The maximum absolute atomic E-state index is 13.5. The van der Waals surface area contributed by atoms with E-state index in [4.69, 9.17) is 4.74 Å². The molecule has 8 nitrogen and oxygen atoms in total. The lowest BCUT2D eigenvalue weighted by Crippen LogP contribution is -2.51. The number of nitrogens with zero attached hydrogens (tertiary/aromatic N) is 3. The smallest absolute Gasteiger partial charge is 0.317 e. The Balaban J connectivity index is 1.91. The molecule has 0 unspecified atom stereocenters. The molecule has 1 saturated carbocycles. The van der Waals surface area contributed by atoms with E-state index >= 15 is 0 Å². The third kappa shape index (κ3) is 6.41. The maximum Gasteiger partial charge on any atom is 0.317 e. The Morgan fingerprint density at radius 3 is 2.71 bits per heavy atom. The molecule has 1 aromatic rings. The fourth-order valence-corrected chi connectivity index (χ4v) is 4.35. The average Bonchev–Trinajstić information content (AvgIpc) is 3.32. The molecule has 2 N–H and O–H groups in total. The number of urea groups is 1. The van der Waals surface area contributed by atoms with Crippen molar-refractivity contribution < 1.29 is 19.4 Å². The van der Waals surface area contributed by atoms with Crippen molar-refractivity contribution in [3.8, 4) is 17.7 Å². The first-order chi connectivity index (χ1) is 16.2. The van der Waals surface area contributed by atoms with E-state index in [1.807, 2.05) is 27.7 Å². The van der Waals surface area contributed by atoms with Crippen LogP contribution in [0.15, 0.2) is 12.3 Å². The van der Waals surface area contributed by atoms with Crippen LogP contribution >= 0.6 is 0 Å². The second-order valence-corrected chi connectivity index (χ2v) is 9.93. The molecule has 0 spiro atoms. The van der Waals surface area contributed by atoms with Crippen molar-refractivity contribution in [3.63, 3.8) is 0 Å². The summed E-state index contributed by atoms with van der Waals surface area (Å²) in [6.07, 6.45) is 5.92. The number of pyridine rings is 1. The van der Waals surface area contributed by atoms with Gasteiger partial charge < -0.3 is 25.0 Å². The van der Waals surface area contributed by atoms with Crippen LogP contribution in [-0.4, -0.2) is 76.8 Å². The van der Waals surface area contributed by atoms with Crippen LogP contribution in [0.3, 0.4) is 0 Å². The molecule has 1 aliphatic heterocycles. The van der Waals surface area contributed by atoms with Crippen molar-refractivity contribution in [1.82, 2.24) is 20.1 Å². The number of carbonyl (C=O) groups excluding carboxylic acids is 2. The number of aliphatic hydroxyl groups is 1. The summed E-state index contributed by atoms with van der Waals surface area (Å²) < 4.78 is 6.25.